The Morgan fingerprint density at radius 2 is 2.22 bits per heavy atom. The molecule has 0 saturated carbocycles. The highest BCUT2D eigenvalue weighted by molar-refractivity contribution is 5.78. The van der Waals surface area contributed by atoms with Crippen LogP contribution < -0.4 is 5.32 Å². The van der Waals surface area contributed by atoms with Crippen molar-refractivity contribution in [2.75, 3.05) is 11.9 Å². The average Bonchev–Trinajstić information content (AvgIpc) is 2.94. The van der Waals surface area contributed by atoms with Crippen LogP contribution >= 0.6 is 0 Å². The molecule has 0 fully saturated rings. The Morgan fingerprint density at radius 3 is 2.96 bits per heavy atom. The molecule has 1 amide bonds. The van der Waals surface area contributed by atoms with Gasteiger partial charge in [0, 0.05) is 18.7 Å². The molecule has 7 heteroatoms. The number of hydrogen-bond acceptors (Lipinski definition) is 5. The molecule has 0 unspecified atom stereocenters. The van der Waals surface area contributed by atoms with Gasteiger partial charge in [-0.2, -0.15) is 5.10 Å². The average molecular weight is 314 g/mol. The van der Waals surface area contributed by atoms with E-state index in [9.17, 15) is 4.79 Å². The van der Waals surface area contributed by atoms with Crippen LogP contribution in [0.1, 0.15) is 31.1 Å². The molecule has 3 rings (SSSR count). The van der Waals surface area contributed by atoms with Crippen LogP contribution in [-0.2, 0) is 24.4 Å². The summed E-state index contributed by atoms with van der Waals surface area (Å²) < 4.78 is 1.99. The lowest BCUT2D eigenvalue weighted by atomic mass is 10.1. The Hall–Kier alpha value is -2.44. The summed E-state index contributed by atoms with van der Waals surface area (Å²) in [5, 5.41) is 7.86. The Labute approximate surface area is 135 Å². The normalized spacial score (nSPS) is 14.0. The topological polar surface area (TPSA) is 75.9 Å². The van der Waals surface area contributed by atoms with Crippen LogP contribution in [0, 0.1) is 12.8 Å². The van der Waals surface area contributed by atoms with Crippen LogP contribution in [0.15, 0.2) is 18.3 Å². The quantitative estimate of drug-likeness (QED) is 0.927. The number of hydrogen-bond donors (Lipinski definition) is 1. The maximum Gasteiger partial charge on any atom is 0.225 e. The number of aryl methyl sites for hydroxylation is 1. The highest BCUT2D eigenvalue weighted by Crippen LogP contribution is 2.16. The van der Waals surface area contributed by atoms with E-state index in [1.807, 2.05) is 36.4 Å². The van der Waals surface area contributed by atoms with Crippen LogP contribution in [0.2, 0.25) is 0 Å². The van der Waals surface area contributed by atoms with Gasteiger partial charge in [0.1, 0.15) is 11.6 Å². The monoisotopic (exact) mass is 314 g/mol. The highest BCUT2D eigenvalue weighted by atomic mass is 16.2. The van der Waals surface area contributed by atoms with E-state index in [0.717, 1.165) is 36.1 Å². The molecule has 0 bridgehead atoms. The number of carbonyl (C=O) groups excluding carboxylic acids is 1. The first-order valence-electron chi connectivity index (χ1n) is 7.91. The number of amides is 1. The summed E-state index contributed by atoms with van der Waals surface area (Å²) in [7, 11) is 0. The van der Waals surface area contributed by atoms with Crippen molar-refractivity contribution in [1.29, 1.82) is 0 Å². The molecule has 2 aromatic heterocycles. The van der Waals surface area contributed by atoms with Gasteiger partial charge in [0.15, 0.2) is 0 Å². The van der Waals surface area contributed by atoms with Gasteiger partial charge in [-0.25, -0.2) is 9.97 Å². The van der Waals surface area contributed by atoms with Gasteiger partial charge in [0.05, 0.1) is 31.0 Å². The van der Waals surface area contributed by atoms with Crippen LogP contribution in [-0.4, -0.2) is 37.1 Å². The lowest BCUT2D eigenvalue weighted by molar-refractivity contribution is -0.136. The van der Waals surface area contributed by atoms with E-state index < -0.39 is 0 Å². The highest BCUT2D eigenvalue weighted by Gasteiger charge is 2.23. The first kappa shape index (κ1) is 15.5. The third-order valence-corrected chi connectivity index (χ3v) is 3.88. The van der Waals surface area contributed by atoms with Gasteiger partial charge in [0.25, 0.3) is 0 Å². The summed E-state index contributed by atoms with van der Waals surface area (Å²) in [5.74, 6) is 1.77. The van der Waals surface area contributed by atoms with E-state index in [-0.39, 0.29) is 11.8 Å². The standard InChI is InChI=1S/C16H22N6O/c1-11(2)16(23)21-6-7-22-14(10-21)8-13(20-22)9-18-15-4-5-17-12(3)19-15/h4-5,8,11H,6-7,9-10H2,1-3H3,(H,17,18,19). The zero-order chi connectivity index (χ0) is 16.4. The van der Waals surface area contributed by atoms with Crippen LogP contribution in [0.3, 0.4) is 0 Å². The number of carbonyl (C=O) groups is 1. The Kier molecular flexibility index (Phi) is 4.27. The van der Waals surface area contributed by atoms with Crippen molar-refractivity contribution in [3.05, 3.63) is 35.5 Å². The molecule has 1 aliphatic heterocycles. The third-order valence-electron chi connectivity index (χ3n) is 3.88. The van der Waals surface area contributed by atoms with Crippen LogP contribution in [0.5, 0.6) is 0 Å². The Morgan fingerprint density at radius 1 is 1.39 bits per heavy atom. The molecule has 122 valence electrons. The van der Waals surface area contributed by atoms with Gasteiger partial charge in [-0.1, -0.05) is 13.8 Å². The van der Waals surface area contributed by atoms with E-state index in [1.54, 1.807) is 6.20 Å². The first-order valence-corrected chi connectivity index (χ1v) is 7.91. The molecule has 1 aliphatic rings. The minimum Gasteiger partial charge on any atom is -0.364 e. The van der Waals surface area contributed by atoms with Crippen molar-refractivity contribution in [1.82, 2.24) is 24.6 Å². The lowest BCUT2D eigenvalue weighted by Crippen LogP contribution is -2.40. The predicted octanol–water partition coefficient (Wildman–Crippen LogP) is 1.59. The second-order valence-corrected chi connectivity index (χ2v) is 6.11. The van der Waals surface area contributed by atoms with Gasteiger partial charge >= 0.3 is 0 Å². The zero-order valence-corrected chi connectivity index (χ0v) is 13.8. The lowest BCUT2D eigenvalue weighted by Gasteiger charge is -2.29. The van der Waals surface area contributed by atoms with E-state index >= 15 is 0 Å². The minimum atomic E-state index is 0.0339. The fraction of sp³-hybridized carbons (Fsp3) is 0.500. The molecule has 0 aliphatic carbocycles. The molecule has 23 heavy (non-hydrogen) atoms. The molecule has 0 aromatic carbocycles. The predicted molar refractivity (Wildman–Crippen MR) is 86.6 cm³/mol. The third kappa shape index (κ3) is 3.49. The van der Waals surface area contributed by atoms with Crippen molar-refractivity contribution < 1.29 is 4.79 Å². The largest absolute Gasteiger partial charge is 0.364 e. The second kappa shape index (κ2) is 6.36. The van der Waals surface area contributed by atoms with E-state index in [4.69, 9.17) is 0 Å². The first-order chi connectivity index (χ1) is 11.0. The summed E-state index contributed by atoms with van der Waals surface area (Å²) >= 11 is 0. The molecule has 0 saturated heterocycles. The number of nitrogens with one attached hydrogen (secondary N) is 1. The summed E-state index contributed by atoms with van der Waals surface area (Å²) in [6.45, 7) is 8.46. The fourth-order valence-electron chi connectivity index (χ4n) is 2.70. The molecule has 7 nitrogen and oxygen atoms in total. The van der Waals surface area contributed by atoms with Gasteiger partial charge in [-0.05, 0) is 19.1 Å². The van der Waals surface area contributed by atoms with Crippen molar-refractivity contribution in [2.24, 2.45) is 5.92 Å². The van der Waals surface area contributed by atoms with Crippen molar-refractivity contribution in [2.45, 2.75) is 40.4 Å². The molecule has 0 radical (unpaired) electrons. The van der Waals surface area contributed by atoms with Gasteiger partial charge < -0.3 is 10.2 Å². The van der Waals surface area contributed by atoms with Crippen LogP contribution in [0.4, 0.5) is 5.82 Å². The number of aromatic nitrogens is 4. The van der Waals surface area contributed by atoms with E-state index in [2.05, 4.69) is 26.4 Å². The SMILES string of the molecule is Cc1nccc(NCc2cc3n(n2)CCN(C(=O)C(C)C)C3)n1. The van der Waals surface area contributed by atoms with Gasteiger partial charge in [-0.3, -0.25) is 9.48 Å². The van der Waals surface area contributed by atoms with Crippen LogP contribution in [0.25, 0.3) is 0 Å². The summed E-state index contributed by atoms with van der Waals surface area (Å²) in [6.07, 6.45) is 1.73. The molecule has 0 spiro atoms. The molecule has 2 aromatic rings. The number of fused-ring (bicyclic) bond motifs is 1. The maximum atomic E-state index is 12.1. The summed E-state index contributed by atoms with van der Waals surface area (Å²) in [6, 6.07) is 3.90. The number of nitrogens with zero attached hydrogens (tertiary/aromatic N) is 5. The van der Waals surface area contributed by atoms with Gasteiger partial charge in [-0.15, -0.1) is 0 Å². The van der Waals surface area contributed by atoms with Crippen molar-refractivity contribution in [3.8, 4) is 0 Å². The fourth-order valence-corrected chi connectivity index (χ4v) is 2.70. The molecular weight excluding hydrogens is 292 g/mol. The maximum absolute atomic E-state index is 12.1. The van der Waals surface area contributed by atoms with E-state index in [0.29, 0.717) is 13.1 Å². The van der Waals surface area contributed by atoms with Crippen molar-refractivity contribution in [3.63, 3.8) is 0 Å². The second-order valence-electron chi connectivity index (χ2n) is 6.11. The zero-order valence-electron chi connectivity index (χ0n) is 13.8. The minimum absolute atomic E-state index is 0.0339. The Bertz CT molecular complexity index is 708. The molecule has 1 N–H and O–H groups in total. The molecule has 0 atom stereocenters. The number of anilines is 1. The summed E-state index contributed by atoms with van der Waals surface area (Å²) in [5.41, 5.74) is 2.04. The number of rotatable bonds is 4. The summed E-state index contributed by atoms with van der Waals surface area (Å²) in [4.78, 5) is 22.4. The van der Waals surface area contributed by atoms with Gasteiger partial charge in [0.2, 0.25) is 5.91 Å². The van der Waals surface area contributed by atoms with Crippen molar-refractivity contribution >= 4 is 11.7 Å². The molecule has 3 heterocycles. The smallest absolute Gasteiger partial charge is 0.225 e. The molecular formula is C16H22N6O. The van der Waals surface area contributed by atoms with E-state index in [1.165, 1.54) is 0 Å². The Balaban J connectivity index is 1.65.